The van der Waals surface area contributed by atoms with Gasteiger partial charge in [0, 0.05) is 9.90 Å². The molecule has 0 saturated carbocycles. The van der Waals surface area contributed by atoms with Crippen molar-refractivity contribution in [2.75, 3.05) is 12.9 Å². The van der Waals surface area contributed by atoms with Crippen LogP contribution in [0, 0.1) is 5.92 Å². The molecule has 1 atom stereocenters. The monoisotopic (exact) mass is 474 g/mol. The second-order valence-electron chi connectivity index (χ2n) is 7.63. The highest BCUT2D eigenvalue weighted by atomic mass is 35.5. The number of carbonyl (C=O) groups is 1. The molecule has 1 aromatic carbocycles. The van der Waals surface area contributed by atoms with Gasteiger partial charge in [0.2, 0.25) is 5.78 Å². The van der Waals surface area contributed by atoms with E-state index < -0.39 is 0 Å². The number of halogens is 1. The zero-order valence-corrected chi connectivity index (χ0v) is 19.3. The van der Waals surface area contributed by atoms with Crippen molar-refractivity contribution in [2.24, 2.45) is 5.92 Å². The van der Waals surface area contributed by atoms with Crippen LogP contribution >= 0.6 is 34.7 Å². The van der Waals surface area contributed by atoms with E-state index in [0.29, 0.717) is 32.9 Å². The second kappa shape index (κ2) is 7.96. The molecule has 5 rings (SSSR count). The third kappa shape index (κ3) is 3.44. The van der Waals surface area contributed by atoms with Gasteiger partial charge in [-0.05, 0) is 55.0 Å². The molecule has 0 bridgehead atoms. The van der Waals surface area contributed by atoms with Gasteiger partial charge in [-0.15, -0.1) is 21.5 Å². The summed E-state index contributed by atoms with van der Waals surface area (Å²) in [5.74, 6) is 0.710. The quantitative estimate of drug-likeness (QED) is 0.327. The Kier molecular flexibility index (Phi) is 5.27. The van der Waals surface area contributed by atoms with Crippen LogP contribution in [-0.4, -0.2) is 38.0 Å². The van der Waals surface area contributed by atoms with Crippen LogP contribution in [0.4, 0.5) is 0 Å². The second-order valence-corrected chi connectivity index (χ2v) is 10.1. The summed E-state index contributed by atoms with van der Waals surface area (Å²) < 4.78 is 8.25. The van der Waals surface area contributed by atoms with E-state index in [1.807, 2.05) is 4.40 Å². The Balaban J connectivity index is 1.83. The molecule has 0 radical (unpaired) electrons. The fourth-order valence-electron chi connectivity index (χ4n) is 4.01. The van der Waals surface area contributed by atoms with Gasteiger partial charge in [0.25, 0.3) is 5.56 Å². The summed E-state index contributed by atoms with van der Waals surface area (Å²) in [6, 6.07) is 7.09. The molecule has 3 heterocycles. The topological polar surface area (TPSA) is 78.5 Å². The highest BCUT2D eigenvalue weighted by Crippen LogP contribution is 2.38. The summed E-state index contributed by atoms with van der Waals surface area (Å²) in [7, 11) is 1.36. The van der Waals surface area contributed by atoms with Gasteiger partial charge in [-0.3, -0.25) is 9.59 Å². The number of nitrogens with zero attached hydrogens (tertiary/aromatic N) is 4. The van der Waals surface area contributed by atoms with Gasteiger partial charge in [-0.1, -0.05) is 30.3 Å². The number of esters is 1. The summed E-state index contributed by atoms with van der Waals surface area (Å²) in [4.78, 5) is 27.6. The van der Waals surface area contributed by atoms with Crippen LogP contribution in [0.15, 0.2) is 34.2 Å². The van der Waals surface area contributed by atoms with Gasteiger partial charge in [0.15, 0.2) is 5.16 Å². The van der Waals surface area contributed by atoms with Gasteiger partial charge in [0.1, 0.15) is 4.83 Å². The van der Waals surface area contributed by atoms with Crippen LogP contribution in [0.25, 0.3) is 21.7 Å². The Labute approximate surface area is 191 Å². The number of thioether (sulfide) groups is 1. The number of fused-ring (bicyclic) bond motifs is 5. The SMILES string of the molecule is COC(=O)CSc1nnc2n(-c3ccc(Cl)cc3)c(=O)c3c4c(sc3n12)CC[C@@H](C)C4. The molecular weight excluding hydrogens is 456 g/mol. The molecule has 0 fully saturated rings. The molecule has 1 aliphatic rings. The average Bonchev–Trinajstić information content (AvgIpc) is 3.34. The van der Waals surface area contributed by atoms with Crippen LogP contribution < -0.4 is 5.56 Å². The van der Waals surface area contributed by atoms with Crippen LogP contribution in [-0.2, 0) is 22.4 Å². The number of carbonyl (C=O) groups excluding carboxylic acids is 1. The number of aromatic nitrogens is 4. The predicted octanol–water partition coefficient (Wildman–Crippen LogP) is 4.14. The van der Waals surface area contributed by atoms with E-state index in [1.54, 1.807) is 40.2 Å². The molecule has 0 saturated heterocycles. The van der Waals surface area contributed by atoms with Gasteiger partial charge >= 0.3 is 5.97 Å². The Morgan fingerprint density at radius 2 is 2.10 bits per heavy atom. The Morgan fingerprint density at radius 3 is 2.84 bits per heavy atom. The van der Waals surface area contributed by atoms with Crippen molar-refractivity contribution in [3.8, 4) is 5.69 Å². The molecule has 160 valence electrons. The normalized spacial score (nSPS) is 16.0. The lowest BCUT2D eigenvalue weighted by Crippen LogP contribution is -2.22. The van der Waals surface area contributed by atoms with Crippen molar-refractivity contribution in [1.29, 1.82) is 0 Å². The number of thiophene rings is 1. The third-order valence-electron chi connectivity index (χ3n) is 5.56. The molecule has 1 aliphatic carbocycles. The van der Waals surface area contributed by atoms with E-state index in [0.717, 1.165) is 29.7 Å². The van der Waals surface area contributed by atoms with Crippen molar-refractivity contribution in [1.82, 2.24) is 19.2 Å². The van der Waals surface area contributed by atoms with Crippen LogP contribution in [0.1, 0.15) is 23.8 Å². The molecule has 4 aromatic rings. The first kappa shape index (κ1) is 20.5. The number of hydrogen-bond acceptors (Lipinski definition) is 7. The lowest BCUT2D eigenvalue weighted by Gasteiger charge is -2.18. The maximum atomic E-state index is 13.8. The van der Waals surface area contributed by atoms with Gasteiger partial charge in [-0.2, -0.15) is 0 Å². The van der Waals surface area contributed by atoms with Gasteiger partial charge in [0.05, 0.1) is 23.9 Å². The zero-order valence-electron chi connectivity index (χ0n) is 16.9. The summed E-state index contributed by atoms with van der Waals surface area (Å²) in [5, 5.41) is 10.5. The molecule has 0 spiro atoms. The minimum atomic E-state index is -0.344. The summed E-state index contributed by atoms with van der Waals surface area (Å²) >= 11 is 8.95. The molecule has 7 nitrogen and oxygen atoms in total. The summed E-state index contributed by atoms with van der Waals surface area (Å²) in [5.41, 5.74) is 1.70. The Bertz CT molecular complexity index is 1370. The fourth-order valence-corrected chi connectivity index (χ4v) is 6.29. The van der Waals surface area contributed by atoms with Crippen molar-refractivity contribution < 1.29 is 9.53 Å². The smallest absolute Gasteiger partial charge is 0.316 e. The molecule has 3 aromatic heterocycles. The van der Waals surface area contributed by atoms with E-state index in [9.17, 15) is 9.59 Å². The fraction of sp³-hybridized carbons (Fsp3) is 0.333. The first-order valence-electron chi connectivity index (χ1n) is 9.88. The van der Waals surface area contributed by atoms with E-state index in [1.165, 1.54) is 23.7 Å². The van der Waals surface area contributed by atoms with Crippen LogP contribution in [0.2, 0.25) is 5.02 Å². The van der Waals surface area contributed by atoms with Crippen LogP contribution in [0.3, 0.4) is 0 Å². The van der Waals surface area contributed by atoms with E-state index in [4.69, 9.17) is 16.3 Å². The number of benzene rings is 1. The van der Waals surface area contributed by atoms with E-state index in [2.05, 4.69) is 17.1 Å². The molecule has 31 heavy (non-hydrogen) atoms. The minimum Gasteiger partial charge on any atom is -0.468 e. The number of aryl methyl sites for hydroxylation is 1. The number of methoxy groups -OCH3 is 1. The Morgan fingerprint density at radius 1 is 1.32 bits per heavy atom. The lowest BCUT2D eigenvalue weighted by atomic mass is 9.89. The van der Waals surface area contributed by atoms with Crippen molar-refractivity contribution in [2.45, 2.75) is 31.3 Å². The maximum Gasteiger partial charge on any atom is 0.316 e. The number of rotatable bonds is 4. The average molecular weight is 475 g/mol. The first-order valence-corrected chi connectivity index (χ1v) is 12.1. The van der Waals surface area contributed by atoms with E-state index in [-0.39, 0.29) is 17.3 Å². The molecule has 0 unspecified atom stereocenters. The summed E-state index contributed by atoms with van der Waals surface area (Å²) in [6.07, 6.45) is 2.95. The molecule has 0 aliphatic heterocycles. The van der Waals surface area contributed by atoms with Gasteiger partial charge in [-0.25, -0.2) is 8.97 Å². The Hall–Kier alpha value is -2.36. The van der Waals surface area contributed by atoms with E-state index >= 15 is 0 Å². The van der Waals surface area contributed by atoms with Crippen molar-refractivity contribution in [3.05, 3.63) is 50.1 Å². The predicted molar refractivity (Wildman–Crippen MR) is 123 cm³/mol. The molecule has 0 amide bonds. The minimum absolute atomic E-state index is 0.103. The molecular formula is C21H19ClN4O3S2. The number of ether oxygens (including phenoxy) is 1. The van der Waals surface area contributed by atoms with Crippen molar-refractivity contribution in [3.63, 3.8) is 0 Å². The highest BCUT2D eigenvalue weighted by molar-refractivity contribution is 7.99. The zero-order chi connectivity index (χ0) is 21.7. The first-order chi connectivity index (χ1) is 15.0. The van der Waals surface area contributed by atoms with Crippen molar-refractivity contribution >= 4 is 56.7 Å². The highest BCUT2D eigenvalue weighted by Gasteiger charge is 2.27. The molecule has 0 N–H and O–H groups in total. The standard InChI is InChI=1S/C21H19ClN4O3S2/c1-11-3-8-15-14(9-11)17-18(28)25(13-6-4-12(22)5-7-13)20-23-24-21(26(20)19(17)31-15)30-10-16(27)29-2/h4-7,11H,3,8-10H2,1-2H3/t11-/m1/s1. The number of hydrogen-bond donors (Lipinski definition) is 0. The lowest BCUT2D eigenvalue weighted by molar-refractivity contribution is -0.137. The third-order valence-corrected chi connectivity index (χ3v) is 7.99. The largest absolute Gasteiger partial charge is 0.468 e. The summed E-state index contributed by atoms with van der Waals surface area (Å²) in [6.45, 7) is 2.22. The molecule has 10 heteroatoms. The maximum absolute atomic E-state index is 13.8. The van der Waals surface area contributed by atoms with Gasteiger partial charge < -0.3 is 4.74 Å². The van der Waals surface area contributed by atoms with Crippen LogP contribution in [0.5, 0.6) is 0 Å².